The van der Waals surface area contributed by atoms with Gasteiger partial charge in [0.2, 0.25) is 5.91 Å². The molecule has 0 spiro atoms. The summed E-state index contributed by atoms with van der Waals surface area (Å²) in [5.74, 6) is 0.580. The third-order valence-corrected chi connectivity index (χ3v) is 8.21. The van der Waals surface area contributed by atoms with Crippen LogP contribution in [-0.2, 0) is 49.0 Å². The van der Waals surface area contributed by atoms with Crippen LogP contribution in [0.1, 0.15) is 34.1 Å². The minimum absolute atomic E-state index is 0.0488. The molecule has 0 aromatic carbocycles. The largest absolute Gasteiger partial charge is 0.456 e. The van der Waals surface area contributed by atoms with Crippen molar-refractivity contribution in [2.75, 3.05) is 36.0 Å². The normalized spacial score (nSPS) is 26.6. The van der Waals surface area contributed by atoms with Crippen LogP contribution in [0.5, 0.6) is 0 Å². The Bertz CT molecular complexity index is 680. The fraction of sp³-hybridized carbons (Fsp3) is 0.810. The SMILES string of the molecule is CSCCC[S+](C)C[C@H](NC(C)=O)[C@H]1O[C@H](SC)[C@H](OC(C)=O)[C@@H](OC(C)=O)[C@H]1OC(C)=O. The quantitative estimate of drug-likeness (QED) is 0.173. The third kappa shape index (κ3) is 10.4. The molecule has 0 bridgehead atoms. The second-order valence-corrected chi connectivity index (χ2v) is 12.0. The maximum atomic E-state index is 12.1. The summed E-state index contributed by atoms with van der Waals surface area (Å²) in [6.07, 6.45) is 3.06. The molecule has 0 saturated carbocycles. The van der Waals surface area contributed by atoms with E-state index in [-0.39, 0.29) is 16.8 Å². The highest BCUT2D eigenvalue weighted by Gasteiger charge is 2.54. The van der Waals surface area contributed by atoms with E-state index in [9.17, 15) is 19.2 Å². The van der Waals surface area contributed by atoms with Gasteiger partial charge in [0.25, 0.3) is 0 Å². The first-order valence-electron chi connectivity index (χ1n) is 10.5. The van der Waals surface area contributed by atoms with Crippen molar-refractivity contribution >= 4 is 58.2 Å². The van der Waals surface area contributed by atoms with Gasteiger partial charge in [-0.05, 0) is 29.2 Å². The molecule has 33 heavy (non-hydrogen) atoms. The zero-order valence-electron chi connectivity index (χ0n) is 20.3. The van der Waals surface area contributed by atoms with Crippen molar-refractivity contribution in [3.63, 3.8) is 0 Å². The summed E-state index contributed by atoms with van der Waals surface area (Å²) in [4.78, 5) is 47.7. The number of nitrogens with one attached hydrogen (secondary N) is 1. The van der Waals surface area contributed by atoms with Gasteiger partial charge in [0.15, 0.2) is 18.3 Å². The molecule has 1 aliphatic rings. The number of rotatable bonds is 12. The average molecular weight is 527 g/mol. The Balaban J connectivity index is 3.35. The lowest BCUT2D eigenvalue weighted by atomic mass is 9.94. The second kappa shape index (κ2) is 15.0. The molecule has 0 aromatic rings. The molecule has 1 unspecified atom stereocenters. The number of amides is 1. The third-order valence-electron chi connectivity index (χ3n) is 4.76. The van der Waals surface area contributed by atoms with Crippen molar-refractivity contribution in [1.29, 1.82) is 0 Å². The Morgan fingerprint density at radius 1 is 0.939 bits per heavy atom. The van der Waals surface area contributed by atoms with Gasteiger partial charge in [-0.1, -0.05) is 0 Å². The number of hydrogen-bond acceptors (Lipinski definition) is 10. The number of thioether (sulfide) groups is 2. The van der Waals surface area contributed by atoms with Crippen molar-refractivity contribution < 1.29 is 38.1 Å². The van der Waals surface area contributed by atoms with Crippen molar-refractivity contribution in [1.82, 2.24) is 5.32 Å². The van der Waals surface area contributed by atoms with Gasteiger partial charge in [-0.25, -0.2) is 0 Å². The van der Waals surface area contributed by atoms with E-state index in [2.05, 4.69) is 17.8 Å². The first kappa shape index (κ1) is 29.9. The van der Waals surface area contributed by atoms with Gasteiger partial charge in [-0.15, -0.1) is 11.8 Å². The zero-order chi connectivity index (χ0) is 25.1. The summed E-state index contributed by atoms with van der Waals surface area (Å²) in [6.45, 7) is 5.13. The summed E-state index contributed by atoms with van der Waals surface area (Å²) < 4.78 is 22.8. The lowest BCUT2D eigenvalue weighted by Gasteiger charge is -2.46. The molecular weight excluding hydrogens is 490 g/mol. The maximum absolute atomic E-state index is 12.1. The number of carbonyl (C=O) groups is 4. The Kier molecular flexibility index (Phi) is 13.6. The average Bonchev–Trinajstić information content (AvgIpc) is 2.69. The summed E-state index contributed by atoms with van der Waals surface area (Å²) in [6, 6.07) is -0.500. The predicted molar refractivity (Wildman–Crippen MR) is 132 cm³/mol. The van der Waals surface area contributed by atoms with Gasteiger partial charge in [-0.2, -0.15) is 11.8 Å². The zero-order valence-corrected chi connectivity index (χ0v) is 22.7. The van der Waals surface area contributed by atoms with E-state index >= 15 is 0 Å². The highest BCUT2D eigenvalue weighted by atomic mass is 32.2. The monoisotopic (exact) mass is 526 g/mol. The van der Waals surface area contributed by atoms with Crippen LogP contribution in [0.25, 0.3) is 0 Å². The van der Waals surface area contributed by atoms with E-state index in [0.717, 1.165) is 17.9 Å². The fourth-order valence-electron chi connectivity index (χ4n) is 3.64. The van der Waals surface area contributed by atoms with Gasteiger partial charge >= 0.3 is 17.9 Å². The number of esters is 3. The molecule has 1 saturated heterocycles. The first-order chi connectivity index (χ1) is 15.5. The van der Waals surface area contributed by atoms with Crippen LogP contribution in [-0.4, -0.2) is 95.7 Å². The van der Waals surface area contributed by atoms with Crippen LogP contribution < -0.4 is 5.32 Å². The molecule has 0 radical (unpaired) electrons. The molecule has 1 N–H and O–H groups in total. The van der Waals surface area contributed by atoms with Crippen LogP contribution >= 0.6 is 23.5 Å². The van der Waals surface area contributed by atoms with Crippen LogP contribution in [0.4, 0.5) is 0 Å². The van der Waals surface area contributed by atoms with E-state index in [1.165, 1.54) is 39.5 Å². The number of ether oxygens (including phenoxy) is 4. The molecule has 190 valence electrons. The van der Waals surface area contributed by atoms with Crippen LogP contribution in [0.3, 0.4) is 0 Å². The molecule has 1 heterocycles. The van der Waals surface area contributed by atoms with Gasteiger partial charge in [0, 0.05) is 34.1 Å². The molecule has 12 heteroatoms. The molecule has 0 aliphatic carbocycles. The topological polar surface area (TPSA) is 117 Å². The molecule has 1 amide bonds. The molecular formula is C21H36NO8S3+. The first-order valence-corrected chi connectivity index (χ1v) is 15.2. The highest BCUT2D eigenvalue weighted by Crippen LogP contribution is 2.34. The summed E-state index contributed by atoms with van der Waals surface area (Å²) in [7, 11) is -0.0488. The smallest absolute Gasteiger partial charge is 0.303 e. The van der Waals surface area contributed by atoms with Gasteiger partial charge in [0.05, 0.1) is 6.26 Å². The van der Waals surface area contributed by atoms with E-state index in [0.29, 0.717) is 5.75 Å². The van der Waals surface area contributed by atoms with E-state index in [4.69, 9.17) is 18.9 Å². The Hall–Kier alpha value is -1.11. The number of hydrogen-bond donors (Lipinski definition) is 1. The summed E-state index contributed by atoms with van der Waals surface area (Å²) in [5, 5.41) is 2.94. The molecule has 9 nitrogen and oxygen atoms in total. The van der Waals surface area contributed by atoms with Gasteiger partial charge in [0.1, 0.15) is 29.1 Å². The number of carbonyl (C=O) groups excluding carboxylic acids is 4. The van der Waals surface area contributed by atoms with Crippen LogP contribution in [0.15, 0.2) is 0 Å². The molecule has 0 aromatic heterocycles. The second-order valence-electron chi connectivity index (χ2n) is 7.73. The summed E-state index contributed by atoms with van der Waals surface area (Å²) in [5.41, 5.74) is -0.693. The van der Waals surface area contributed by atoms with Crippen LogP contribution in [0, 0.1) is 0 Å². The van der Waals surface area contributed by atoms with E-state index in [1.54, 1.807) is 18.0 Å². The van der Waals surface area contributed by atoms with E-state index in [1.807, 2.05) is 0 Å². The van der Waals surface area contributed by atoms with Gasteiger partial charge < -0.3 is 24.3 Å². The fourth-order valence-corrected chi connectivity index (χ4v) is 6.66. The molecule has 1 aliphatic heterocycles. The minimum Gasteiger partial charge on any atom is -0.456 e. The minimum atomic E-state index is -1.09. The van der Waals surface area contributed by atoms with Crippen molar-refractivity contribution in [3.05, 3.63) is 0 Å². The van der Waals surface area contributed by atoms with Gasteiger partial charge in [-0.3, -0.25) is 19.2 Å². The standard InChI is InChI=1S/C21H35NO8S3/c1-12(23)22-16(11-33(7)10-8-9-31-5)17-18(27-13(2)24)19(28-14(3)25)20(29-15(4)26)21(30-17)32-6/h16-21H,8-11H2,1-7H3/p+1/t16-,17+,18-,19-,20+,21+,33?/m0/s1. The Morgan fingerprint density at radius 2 is 1.48 bits per heavy atom. The van der Waals surface area contributed by atoms with E-state index < -0.39 is 53.8 Å². The summed E-state index contributed by atoms with van der Waals surface area (Å²) >= 11 is 3.06. The Labute approximate surface area is 207 Å². The lowest BCUT2D eigenvalue weighted by molar-refractivity contribution is -0.234. The predicted octanol–water partition coefficient (Wildman–Crippen LogP) is 1.38. The van der Waals surface area contributed by atoms with Crippen molar-refractivity contribution in [2.45, 2.75) is 70.0 Å². The lowest BCUT2D eigenvalue weighted by Crippen LogP contribution is -2.66. The van der Waals surface area contributed by atoms with Crippen molar-refractivity contribution in [3.8, 4) is 0 Å². The maximum Gasteiger partial charge on any atom is 0.303 e. The highest BCUT2D eigenvalue weighted by molar-refractivity contribution is 7.99. The molecule has 1 fully saturated rings. The molecule has 7 atom stereocenters. The Morgan fingerprint density at radius 3 is 1.97 bits per heavy atom. The van der Waals surface area contributed by atoms with Crippen molar-refractivity contribution in [2.24, 2.45) is 0 Å². The van der Waals surface area contributed by atoms with Crippen LogP contribution in [0.2, 0.25) is 0 Å². The molecule has 1 rings (SSSR count).